The van der Waals surface area contributed by atoms with Crippen molar-refractivity contribution >= 4 is 33.1 Å². The Morgan fingerprint density at radius 3 is 2.41 bits per heavy atom. The summed E-state index contributed by atoms with van der Waals surface area (Å²) < 4.78 is 1.23. The van der Waals surface area contributed by atoms with Crippen LogP contribution in [-0.4, -0.2) is 17.9 Å². The molecule has 0 radical (unpaired) electrons. The third kappa shape index (κ3) is 4.53. The van der Waals surface area contributed by atoms with Crippen LogP contribution in [0.4, 0.5) is 5.69 Å². The fraction of sp³-hybridized carbons (Fsp3) is 0.167. The molecular formula is C24H24N3OS+. The summed E-state index contributed by atoms with van der Waals surface area (Å²) in [6, 6.07) is 25.9. The molecule has 4 rings (SSSR count). The van der Waals surface area contributed by atoms with Crippen molar-refractivity contribution in [3.05, 3.63) is 95.0 Å². The van der Waals surface area contributed by atoms with Gasteiger partial charge in [0, 0.05) is 16.8 Å². The molecule has 0 spiro atoms. The summed E-state index contributed by atoms with van der Waals surface area (Å²) in [4.78, 5) is 18.6. The molecule has 0 aliphatic rings. The Labute approximate surface area is 174 Å². The van der Waals surface area contributed by atoms with Crippen LogP contribution >= 0.6 is 11.3 Å². The maximum atomic E-state index is 12.4. The molecule has 1 aromatic heterocycles. The van der Waals surface area contributed by atoms with Crippen molar-refractivity contribution in [1.82, 2.24) is 4.98 Å². The van der Waals surface area contributed by atoms with E-state index in [1.807, 2.05) is 60.7 Å². The molecule has 0 saturated carbocycles. The Kier molecular flexibility index (Phi) is 5.69. The topological polar surface area (TPSA) is 46.4 Å². The first-order chi connectivity index (χ1) is 14.1. The lowest BCUT2D eigenvalue weighted by atomic mass is 10.1. The van der Waals surface area contributed by atoms with E-state index in [1.54, 1.807) is 11.3 Å². The first kappa shape index (κ1) is 19.3. The highest BCUT2D eigenvalue weighted by Crippen LogP contribution is 2.24. The van der Waals surface area contributed by atoms with E-state index in [0.717, 1.165) is 22.8 Å². The zero-order valence-electron chi connectivity index (χ0n) is 16.6. The summed E-state index contributed by atoms with van der Waals surface area (Å²) in [6.45, 7) is 3.09. The van der Waals surface area contributed by atoms with Gasteiger partial charge in [0.15, 0.2) is 5.01 Å². The van der Waals surface area contributed by atoms with Crippen molar-refractivity contribution in [2.24, 2.45) is 0 Å². The van der Waals surface area contributed by atoms with E-state index in [4.69, 9.17) is 4.98 Å². The smallest absolute Gasteiger partial charge is 0.255 e. The molecule has 1 heterocycles. The highest BCUT2D eigenvalue weighted by atomic mass is 32.1. The number of hydrogen-bond donors (Lipinski definition) is 2. The maximum absolute atomic E-state index is 12.4. The zero-order chi connectivity index (χ0) is 20.2. The van der Waals surface area contributed by atoms with Gasteiger partial charge in [-0.05, 0) is 43.3 Å². The summed E-state index contributed by atoms with van der Waals surface area (Å²) in [5.41, 5.74) is 3.73. The minimum absolute atomic E-state index is 0.0914. The molecular weight excluding hydrogens is 378 g/mol. The Morgan fingerprint density at radius 1 is 1.00 bits per heavy atom. The largest absolute Gasteiger partial charge is 0.326 e. The molecule has 1 unspecified atom stereocenters. The molecule has 0 saturated heterocycles. The minimum atomic E-state index is -0.0914. The van der Waals surface area contributed by atoms with Crippen molar-refractivity contribution in [3.8, 4) is 0 Å². The number of quaternary nitrogens is 1. The van der Waals surface area contributed by atoms with Crippen LogP contribution in [0.2, 0.25) is 0 Å². The number of hydrogen-bond acceptors (Lipinski definition) is 3. The van der Waals surface area contributed by atoms with Crippen LogP contribution < -0.4 is 10.2 Å². The number of carbonyl (C=O) groups is 1. The summed E-state index contributed by atoms with van der Waals surface area (Å²) in [5.74, 6) is -0.0914. The monoisotopic (exact) mass is 402 g/mol. The predicted octanol–water partition coefficient (Wildman–Crippen LogP) is 4.32. The van der Waals surface area contributed by atoms with E-state index in [2.05, 4.69) is 37.5 Å². The molecule has 0 aliphatic carbocycles. The third-order valence-electron chi connectivity index (χ3n) is 5.15. The fourth-order valence-electron chi connectivity index (χ4n) is 3.26. The second-order valence-corrected chi connectivity index (χ2v) is 8.34. The first-order valence-corrected chi connectivity index (χ1v) is 10.5. The van der Waals surface area contributed by atoms with Gasteiger partial charge >= 0.3 is 0 Å². The number of rotatable bonds is 6. The molecule has 2 N–H and O–H groups in total. The van der Waals surface area contributed by atoms with Gasteiger partial charge in [-0.15, -0.1) is 11.3 Å². The molecule has 29 heavy (non-hydrogen) atoms. The Hall–Kier alpha value is -3.02. The molecule has 4 nitrogen and oxygen atoms in total. The van der Waals surface area contributed by atoms with Crippen LogP contribution in [0.1, 0.15) is 33.9 Å². The lowest BCUT2D eigenvalue weighted by molar-refractivity contribution is -0.923. The van der Waals surface area contributed by atoms with Crippen LogP contribution in [0.25, 0.3) is 10.2 Å². The molecule has 4 aromatic rings. The van der Waals surface area contributed by atoms with Crippen LogP contribution in [0, 0.1) is 0 Å². The van der Waals surface area contributed by atoms with Gasteiger partial charge < -0.3 is 10.2 Å². The number of aromatic nitrogens is 1. The zero-order valence-corrected chi connectivity index (χ0v) is 17.4. The van der Waals surface area contributed by atoms with E-state index in [1.165, 1.54) is 15.2 Å². The van der Waals surface area contributed by atoms with Gasteiger partial charge in [-0.25, -0.2) is 4.98 Å². The molecule has 3 aromatic carbocycles. The van der Waals surface area contributed by atoms with Gasteiger partial charge in [0.1, 0.15) is 12.6 Å². The number of para-hydroxylation sites is 2. The van der Waals surface area contributed by atoms with Crippen LogP contribution in [0.5, 0.6) is 0 Å². The lowest BCUT2D eigenvalue weighted by Crippen LogP contribution is -3.07. The standard InChI is InChI=1S/C24H23N3OS/c1-17(24-26-21-10-6-7-11-22(21)29-24)27(2)16-18-12-14-19(15-13-18)23(28)25-20-8-4-3-5-9-20/h3-15,17H,16H2,1-2H3,(H,25,28)/p+1/t17-/m0/s1. The van der Waals surface area contributed by atoms with Gasteiger partial charge in [-0.3, -0.25) is 4.79 Å². The average molecular weight is 403 g/mol. The van der Waals surface area contributed by atoms with E-state index in [9.17, 15) is 4.79 Å². The number of nitrogens with one attached hydrogen (secondary N) is 2. The van der Waals surface area contributed by atoms with Gasteiger partial charge in [-0.1, -0.05) is 42.5 Å². The van der Waals surface area contributed by atoms with E-state index in [0.29, 0.717) is 11.6 Å². The van der Waals surface area contributed by atoms with Crippen molar-refractivity contribution in [3.63, 3.8) is 0 Å². The summed E-state index contributed by atoms with van der Waals surface area (Å²) in [5, 5.41) is 4.07. The molecule has 1 amide bonds. The summed E-state index contributed by atoms with van der Waals surface area (Å²) in [7, 11) is 2.19. The molecule has 0 bridgehead atoms. The number of benzene rings is 3. The molecule has 146 valence electrons. The fourth-order valence-corrected chi connectivity index (χ4v) is 4.37. The minimum Gasteiger partial charge on any atom is -0.326 e. The number of anilines is 1. The van der Waals surface area contributed by atoms with Crippen LogP contribution in [0.3, 0.4) is 0 Å². The van der Waals surface area contributed by atoms with E-state index in [-0.39, 0.29) is 5.91 Å². The molecule has 0 fully saturated rings. The molecule has 5 heteroatoms. The number of nitrogens with zero attached hydrogens (tertiary/aromatic N) is 1. The number of thiazole rings is 1. The second-order valence-electron chi connectivity index (χ2n) is 7.28. The van der Waals surface area contributed by atoms with Crippen molar-refractivity contribution in [1.29, 1.82) is 0 Å². The second kappa shape index (κ2) is 8.55. The van der Waals surface area contributed by atoms with E-state index >= 15 is 0 Å². The number of carbonyl (C=O) groups excluding carboxylic acids is 1. The summed E-state index contributed by atoms with van der Waals surface area (Å²) in [6.07, 6.45) is 0. The Balaban J connectivity index is 1.40. The van der Waals surface area contributed by atoms with Crippen molar-refractivity contribution in [2.75, 3.05) is 12.4 Å². The highest BCUT2D eigenvalue weighted by molar-refractivity contribution is 7.18. The Bertz CT molecular complexity index is 1070. The number of fused-ring (bicyclic) bond motifs is 1. The predicted molar refractivity (Wildman–Crippen MR) is 119 cm³/mol. The van der Waals surface area contributed by atoms with Crippen molar-refractivity contribution in [2.45, 2.75) is 19.5 Å². The van der Waals surface area contributed by atoms with Crippen molar-refractivity contribution < 1.29 is 9.69 Å². The van der Waals surface area contributed by atoms with Crippen LogP contribution in [0.15, 0.2) is 78.9 Å². The highest BCUT2D eigenvalue weighted by Gasteiger charge is 2.20. The number of amides is 1. The lowest BCUT2D eigenvalue weighted by Gasteiger charge is -2.20. The first-order valence-electron chi connectivity index (χ1n) is 9.73. The third-order valence-corrected chi connectivity index (χ3v) is 6.37. The quantitative estimate of drug-likeness (QED) is 0.504. The van der Waals surface area contributed by atoms with Gasteiger partial charge in [0.2, 0.25) is 0 Å². The Morgan fingerprint density at radius 2 is 1.69 bits per heavy atom. The van der Waals surface area contributed by atoms with Gasteiger partial charge in [-0.2, -0.15) is 0 Å². The SMILES string of the molecule is C[C@@H](c1nc2ccccc2s1)[NH+](C)Cc1ccc(C(=O)Nc2ccccc2)cc1. The average Bonchev–Trinajstić information content (AvgIpc) is 3.18. The van der Waals surface area contributed by atoms with E-state index < -0.39 is 0 Å². The molecule has 0 aliphatic heterocycles. The van der Waals surface area contributed by atoms with Crippen LogP contribution in [-0.2, 0) is 6.54 Å². The normalized spacial score (nSPS) is 13.2. The van der Waals surface area contributed by atoms with Gasteiger partial charge in [0.05, 0.1) is 17.3 Å². The van der Waals surface area contributed by atoms with Gasteiger partial charge in [0.25, 0.3) is 5.91 Å². The molecule has 2 atom stereocenters. The maximum Gasteiger partial charge on any atom is 0.255 e. The summed E-state index contributed by atoms with van der Waals surface area (Å²) >= 11 is 1.77.